The maximum absolute atomic E-state index is 13.5. The van der Waals surface area contributed by atoms with E-state index in [4.69, 9.17) is 4.74 Å². The third kappa shape index (κ3) is 8.56. The lowest BCUT2D eigenvalue weighted by molar-refractivity contribution is -0.149. The summed E-state index contributed by atoms with van der Waals surface area (Å²) in [6, 6.07) is 10.2. The Morgan fingerprint density at radius 3 is 2.42 bits per heavy atom. The Morgan fingerprint density at radius 1 is 1.02 bits per heavy atom. The maximum atomic E-state index is 13.5. The van der Waals surface area contributed by atoms with Crippen LogP contribution in [0.5, 0.6) is 0 Å². The number of ketones is 2. The quantitative estimate of drug-likeness (QED) is 0.325. The third-order valence-corrected chi connectivity index (χ3v) is 7.28. The summed E-state index contributed by atoms with van der Waals surface area (Å²) in [6.07, 6.45) is 3.80. The highest BCUT2D eigenvalue weighted by Crippen LogP contribution is 2.22. The van der Waals surface area contributed by atoms with E-state index in [-0.39, 0.29) is 43.5 Å². The molecule has 1 aromatic heterocycles. The molecule has 1 aromatic carbocycles. The molecule has 0 bridgehead atoms. The normalized spacial score (nSPS) is 17.1. The van der Waals surface area contributed by atoms with Gasteiger partial charge in [-0.05, 0) is 47.4 Å². The molecule has 1 aliphatic rings. The highest BCUT2D eigenvalue weighted by atomic mass is 16.5. The Bertz CT molecular complexity index is 1210. The van der Waals surface area contributed by atoms with Crippen LogP contribution in [-0.2, 0) is 48.2 Å². The molecule has 2 heterocycles. The number of rotatable bonds is 11. The molecule has 0 saturated heterocycles. The molecule has 0 spiro atoms. The van der Waals surface area contributed by atoms with Gasteiger partial charge in [-0.25, -0.2) is 0 Å². The smallest absolute Gasteiger partial charge is 0.306 e. The molecule has 1 aliphatic heterocycles. The van der Waals surface area contributed by atoms with Crippen LogP contribution in [0.1, 0.15) is 57.2 Å². The molecule has 0 fully saturated rings. The number of pyridine rings is 1. The number of amides is 2. The lowest BCUT2D eigenvalue weighted by Gasteiger charge is -2.27. The molecule has 3 atom stereocenters. The molecule has 2 amide bonds. The Morgan fingerprint density at radius 2 is 1.75 bits per heavy atom. The Balaban J connectivity index is 1.69. The second-order valence-electron chi connectivity index (χ2n) is 11.0. The first-order valence-corrected chi connectivity index (χ1v) is 13.8. The van der Waals surface area contributed by atoms with Crippen LogP contribution in [-0.4, -0.2) is 46.9 Å². The first-order chi connectivity index (χ1) is 19.1. The molecule has 9 heteroatoms. The number of hydrogen-bond donors (Lipinski definition) is 2. The highest BCUT2D eigenvalue weighted by Gasteiger charge is 2.35. The largest absolute Gasteiger partial charge is 0.461 e. The zero-order valence-corrected chi connectivity index (χ0v) is 23.6. The van der Waals surface area contributed by atoms with Gasteiger partial charge in [0.15, 0.2) is 5.78 Å². The van der Waals surface area contributed by atoms with Crippen molar-refractivity contribution in [3.8, 4) is 0 Å². The third-order valence-electron chi connectivity index (χ3n) is 7.28. The van der Waals surface area contributed by atoms with Gasteiger partial charge in [-0.3, -0.25) is 29.0 Å². The van der Waals surface area contributed by atoms with E-state index in [1.165, 1.54) is 0 Å². The van der Waals surface area contributed by atoms with E-state index in [0.29, 0.717) is 13.0 Å². The summed E-state index contributed by atoms with van der Waals surface area (Å²) < 4.78 is 5.38. The van der Waals surface area contributed by atoms with E-state index in [0.717, 1.165) is 16.7 Å². The molecule has 3 unspecified atom stereocenters. The number of carbonyl (C=O) groups is 5. The number of Topliss-reactive ketones (excluding diaryl/α,β-unsaturated/α-hetero) is 2. The first-order valence-electron chi connectivity index (χ1n) is 13.8. The van der Waals surface area contributed by atoms with Gasteiger partial charge in [0.05, 0.1) is 18.4 Å². The van der Waals surface area contributed by atoms with Gasteiger partial charge >= 0.3 is 5.97 Å². The zero-order chi connectivity index (χ0) is 29.2. The predicted octanol–water partition coefficient (Wildman–Crippen LogP) is 2.99. The second-order valence-corrected chi connectivity index (χ2v) is 11.0. The van der Waals surface area contributed by atoms with Crippen molar-refractivity contribution in [3.05, 3.63) is 65.5 Å². The van der Waals surface area contributed by atoms with Crippen LogP contribution in [0.4, 0.5) is 0 Å². The van der Waals surface area contributed by atoms with Crippen molar-refractivity contribution in [2.45, 2.75) is 66.0 Å². The summed E-state index contributed by atoms with van der Waals surface area (Å²) in [6.45, 7) is 7.70. The van der Waals surface area contributed by atoms with Gasteiger partial charge < -0.3 is 15.4 Å². The van der Waals surface area contributed by atoms with E-state index in [1.54, 1.807) is 26.2 Å². The van der Waals surface area contributed by atoms with Crippen LogP contribution in [0.2, 0.25) is 0 Å². The molecule has 0 radical (unpaired) electrons. The highest BCUT2D eigenvalue weighted by molar-refractivity contribution is 6.37. The Hall–Kier alpha value is -3.88. The van der Waals surface area contributed by atoms with Gasteiger partial charge in [-0.1, -0.05) is 58.0 Å². The summed E-state index contributed by atoms with van der Waals surface area (Å²) in [4.78, 5) is 69.0. The van der Waals surface area contributed by atoms with Crippen LogP contribution >= 0.6 is 0 Å². The standard InChI is InChI=1S/C31H39N3O6/c1-19(2)25(16-27(36)40-18-21-8-6-5-7-9-21)30(38)34-28(20(3)4)26(35)15-24-14-22-10-12-32-17-23(22)11-13-33-31(39)29(24)37/h5-10,12,17,19-20,24-25,28H,11,13-16,18H2,1-4H3,(H,33,39)(H,34,38). The van der Waals surface area contributed by atoms with Gasteiger partial charge in [0.2, 0.25) is 11.7 Å². The van der Waals surface area contributed by atoms with Gasteiger partial charge in [0.1, 0.15) is 6.61 Å². The summed E-state index contributed by atoms with van der Waals surface area (Å²) in [5, 5.41) is 5.46. The lowest BCUT2D eigenvalue weighted by Crippen LogP contribution is -2.49. The minimum Gasteiger partial charge on any atom is -0.461 e. The second kappa shape index (κ2) is 14.5. The molecule has 9 nitrogen and oxygen atoms in total. The zero-order valence-electron chi connectivity index (χ0n) is 23.6. The summed E-state index contributed by atoms with van der Waals surface area (Å²) in [7, 11) is 0. The van der Waals surface area contributed by atoms with E-state index in [9.17, 15) is 24.0 Å². The van der Waals surface area contributed by atoms with E-state index >= 15 is 0 Å². The fraction of sp³-hybridized carbons (Fsp3) is 0.484. The molecular formula is C31H39N3O6. The van der Waals surface area contributed by atoms with Crippen molar-refractivity contribution in [1.82, 2.24) is 15.6 Å². The van der Waals surface area contributed by atoms with Crippen molar-refractivity contribution in [3.63, 3.8) is 0 Å². The average Bonchev–Trinajstić information content (AvgIpc) is 2.98. The van der Waals surface area contributed by atoms with E-state index in [1.807, 2.05) is 50.2 Å². The minimum atomic E-state index is -0.880. The van der Waals surface area contributed by atoms with Crippen molar-refractivity contribution < 1.29 is 28.7 Å². The summed E-state index contributed by atoms with van der Waals surface area (Å²) >= 11 is 0. The number of fused-ring (bicyclic) bond motifs is 1. The predicted molar refractivity (Wildman–Crippen MR) is 149 cm³/mol. The number of hydrogen-bond acceptors (Lipinski definition) is 7. The molecule has 214 valence electrons. The number of nitrogens with zero attached hydrogens (tertiary/aromatic N) is 1. The first kappa shape index (κ1) is 30.7. The van der Waals surface area contributed by atoms with Crippen molar-refractivity contribution in [2.75, 3.05) is 6.54 Å². The fourth-order valence-electron chi connectivity index (χ4n) is 4.84. The van der Waals surface area contributed by atoms with Crippen LogP contribution in [0.3, 0.4) is 0 Å². The number of carbonyl (C=O) groups excluding carboxylic acids is 5. The topological polar surface area (TPSA) is 132 Å². The molecule has 0 aliphatic carbocycles. The molecule has 2 aromatic rings. The molecule has 2 N–H and O–H groups in total. The van der Waals surface area contributed by atoms with Crippen LogP contribution in [0.25, 0.3) is 0 Å². The van der Waals surface area contributed by atoms with Gasteiger partial charge in [-0.15, -0.1) is 0 Å². The number of benzene rings is 1. The van der Waals surface area contributed by atoms with Gasteiger partial charge in [-0.2, -0.15) is 0 Å². The molecular weight excluding hydrogens is 510 g/mol. The molecule has 3 rings (SSSR count). The molecule has 40 heavy (non-hydrogen) atoms. The van der Waals surface area contributed by atoms with Gasteiger partial charge in [0.25, 0.3) is 5.91 Å². The van der Waals surface area contributed by atoms with E-state index in [2.05, 4.69) is 15.6 Å². The summed E-state index contributed by atoms with van der Waals surface area (Å²) in [5.41, 5.74) is 2.64. The Kier molecular flexibility index (Phi) is 11.1. The number of aromatic nitrogens is 1. The van der Waals surface area contributed by atoms with Crippen LogP contribution < -0.4 is 10.6 Å². The van der Waals surface area contributed by atoms with E-state index < -0.39 is 41.4 Å². The summed E-state index contributed by atoms with van der Waals surface area (Å²) in [5.74, 6) is -4.63. The van der Waals surface area contributed by atoms with Crippen molar-refractivity contribution >= 4 is 29.4 Å². The van der Waals surface area contributed by atoms with Gasteiger partial charge in [0, 0.05) is 31.3 Å². The lowest BCUT2D eigenvalue weighted by atomic mass is 9.85. The average molecular weight is 550 g/mol. The van der Waals surface area contributed by atoms with Crippen molar-refractivity contribution in [1.29, 1.82) is 0 Å². The van der Waals surface area contributed by atoms with Crippen LogP contribution in [0.15, 0.2) is 48.8 Å². The van der Waals surface area contributed by atoms with Crippen molar-refractivity contribution in [2.24, 2.45) is 23.7 Å². The number of esters is 1. The molecule has 0 saturated carbocycles. The number of nitrogens with one attached hydrogen (secondary N) is 2. The van der Waals surface area contributed by atoms with Crippen LogP contribution in [0, 0.1) is 23.7 Å². The monoisotopic (exact) mass is 549 g/mol. The Labute approximate surface area is 235 Å². The maximum Gasteiger partial charge on any atom is 0.306 e. The fourth-order valence-corrected chi connectivity index (χ4v) is 4.84. The SMILES string of the molecule is CC(C)C(CC(=O)OCc1ccccc1)C(=O)NC(C(=O)CC1Cc2ccncc2CCNC(=O)C1=O)C(C)C. The minimum absolute atomic E-state index is 0.112. The number of ether oxygens (including phenoxy) is 1.